The number of hydrogen-bond donors (Lipinski definition) is 1. The summed E-state index contributed by atoms with van der Waals surface area (Å²) >= 11 is 0. The molecule has 0 radical (unpaired) electrons. The molecular formula is C20H25N5O. The molecule has 1 aromatic heterocycles. The zero-order valence-electron chi connectivity index (χ0n) is 14.9. The van der Waals surface area contributed by atoms with E-state index in [1.54, 1.807) is 12.3 Å². The van der Waals surface area contributed by atoms with Crippen LogP contribution in [0.2, 0.25) is 0 Å². The van der Waals surface area contributed by atoms with Crippen LogP contribution < -0.4 is 10.6 Å². The highest BCUT2D eigenvalue weighted by atomic mass is 16.2. The second-order valence-electron chi connectivity index (χ2n) is 7.18. The van der Waals surface area contributed by atoms with Crippen molar-refractivity contribution in [2.75, 3.05) is 31.1 Å². The maximum atomic E-state index is 13.0. The van der Waals surface area contributed by atoms with Gasteiger partial charge in [0.15, 0.2) is 0 Å². The monoisotopic (exact) mass is 351 g/mol. The molecule has 4 rings (SSSR count). The van der Waals surface area contributed by atoms with Crippen LogP contribution in [0.25, 0.3) is 0 Å². The number of hydrogen-bond acceptors (Lipinski definition) is 5. The first-order valence-electron chi connectivity index (χ1n) is 9.40. The number of piperidine rings is 1. The van der Waals surface area contributed by atoms with Crippen LogP contribution in [0.15, 0.2) is 42.6 Å². The van der Waals surface area contributed by atoms with Gasteiger partial charge in [0, 0.05) is 44.3 Å². The molecule has 2 aliphatic rings. The van der Waals surface area contributed by atoms with Gasteiger partial charge in [-0.05, 0) is 30.9 Å². The second kappa shape index (κ2) is 7.41. The summed E-state index contributed by atoms with van der Waals surface area (Å²) in [7, 11) is 0. The Morgan fingerprint density at radius 2 is 1.81 bits per heavy atom. The lowest BCUT2D eigenvalue weighted by molar-refractivity contribution is 0.0783. The first-order valence-corrected chi connectivity index (χ1v) is 9.40. The Hall–Kier alpha value is -2.47. The fraction of sp³-hybridized carbons (Fsp3) is 0.450. The largest absolute Gasteiger partial charge is 0.341 e. The van der Waals surface area contributed by atoms with Crippen LogP contribution in [0.5, 0.6) is 0 Å². The van der Waals surface area contributed by atoms with Crippen LogP contribution in [0.1, 0.15) is 41.2 Å². The van der Waals surface area contributed by atoms with E-state index in [1.165, 1.54) is 12.0 Å². The van der Waals surface area contributed by atoms with Crippen molar-refractivity contribution in [2.45, 2.75) is 31.2 Å². The molecule has 2 saturated heterocycles. The molecule has 2 aliphatic heterocycles. The fourth-order valence-corrected chi connectivity index (χ4v) is 3.92. The van der Waals surface area contributed by atoms with Crippen LogP contribution in [0.3, 0.4) is 0 Å². The zero-order chi connectivity index (χ0) is 17.9. The van der Waals surface area contributed by atoms with E-state index in [4.69, 9.17) is 5.73 Å². The number of nitrogens with two attached hydrogens (primary N) is 1. The SMILES string of the molecule is N[C@@H]1CN(C(=O)c2ccnc(N3CCCCC3)n2)C[C@H]1c1ccccc1. The standard InChI is InChI=1S/C20H25N5O/c21-17-14-25(13-16(17)15-7-3-1-4-8-15)19(26)18-9-10-22-20(23-18)24-11-5-2-6-12-24/h1,3-4,7-10,16-17H,2,5-6,11-14,21H2/t16-,17+/m0/s1. The summed E-state index contributed by atoms with van der Waals surface area (Å²) in [5.74, 6) is 0.779. The molecule has 0 aliphatic carbocycles. The number of carbonyl (C=O) groups is 1. The summed E-state index contributed by atoms with van der Waals surface area (Å²) in [5.41, 5.74) is 7.98. The van der Waals surface area contributed by atoms with E-state index in [-0.39, 0.29) is 17.9 Å². The molecule has 1 amide bonds. The molecule has 26 heavy (non-hydrogen) atoms. The minimum atomic E-state index is -0.0560. The summed E-state index contributed by atoms with van der Waals surface area (Å²) in [6.07, 6.45) is 5.25. The van der Waals surface area contributed by atoms with E-state index < -0.39 is 0 Å². The van der Waals surface area contributed by atoms with Crippen LogP contribution in [0, 0.1) is 0 Å². The summed E-state index contributed by atoms with van der Waals surface area (Å²) in [6, 6.07) is 11.8. The smallest absolute Gasteiger partial charge is 0.272 e. The number of nitrogens with zero attached hydrogens (tertiary/aromatic N) is 4. The van der Waals surface area contributed by atoms with Crippen LogP contribution >= 0.6 is 0 Å². The van der Waals surface area contributed by atoms with Gasteiger partial charge in [0.1, 0.15) is 5.69 Å². The molecule has 0 spiro atoms. The Labute approximate surface area is 154 Å². The summed E-state index contributed by atoms with van der Waals surface area (Å²) in [4.78, 5) is 25.9. The molecule has 2 atom stereocenters. The first-order chi connectivity index (χ1) is 12.7. The Bertz CT molecular complexity index is 760. The van der Waals surface area contributed by atoms with E-state index in [2.05, 4.69) is 27.0 Å². The Balaban J connectivity index is 1.49. The zero-order valence-corrected chi connectivity index (χ0v) is 14.9. The fourth-order valence-electron chi connectivity index (χ4n) is 3.92. The number of benzene rings is 1. The number of amides is 1. The molecular weight excluding hydrogens is 326 g/mol. The number of carbonyl (C=O) groups excluding carboxylic acids is 1. The normalized spacial score (nSPS) is 23.3. The van der Waals surface area contributed by atoms with E-state index in [0.717, 1.165) is 25.9 Å². The predicted octanol–water partition coefficient (Wildman–Crippen LogP) is 2.03. The first kappa shape index (κ1) is 17.0. The highest BCUT2D eigenvalue weighted by molar-refractivity contribution is 5.92. The third kappa shape index (κ3) is 3.42. The van der Waals surface area contributed by atoms with Gasteiger partial charge < -0.3 is 15.5 Å². The summed E-state index contributed by atoms with van der Waals surface area (Å²) < 4.78 is 0. The van der Waals surface area contributed by atoms with Gasteiger partial charge in [-0.15, -0.1) is 0 Å². The molecule has 2 N–H and O–H groups in total. The van der Waals surface area contributed by atoms with E-state index in [9.17, 15) is 4.79 Å². The lowest BCUT2D eigenvalue weighted by atomic mass is 9.95. The highest BCUT2D eigenvalue weighted by Crippen LogP contribution is 2.27. The average Bonchev–Trinajstić information content (AvgIpc) is 3.10. The Kier molecular flexibility index (Phi) is 4.84. The van der Waals surface area contributed by atoms with E-state index in [0.29, 0.717) is 24.7 Å². The van der Waals surface area contributed by atoms with Gasteiger partial charge in [-0.1, -0.05) is 30.3 Å². The third-order valence-electron chi connectivity index (χ3n) is 5.38. The lowest BCUT2D eigenvalue weighted by Gasteiger charge is -2.26. The molecule has 0 bridgehead atoms. The lowest BCUT2D eigenvalue weighted by Crippen LogP contribution is -2.34. The third-order valence-corrected chi connectivity index (χ3v) is 5.38. The second-order valence-corrected chi connectivity index (χ2v) is 7.18. The van der Waals surface area contributed by atoms with Crippen molar-refractivity contribution < 1.29 is 4.79 Å². The van der Waals surface area contributed by atoms with E-state index in [1.807, 2.05) is 23.1 Å². The maximum Gasteiger partial charge on any atom is 0.272 e. The van der Waals surface area contributed by atoms with Crippen LogP contribution in [-0.4, -0.2) is 53.0 Å². The van der Waals surface area contributed by atoms with Crippen molar-refractivity contribution in [3.05, 3.63) is 53.9 Å². The number of anilines is 1. The van der Waals surface area contributed by atoms with Gasteiger partial charge in [-0.3, -0.25) is 4.79 Å². The van der Waals surface area contributed by atoms with E-state index >= 15 is 0 Å². The van der Waals surface area contributed by atoms with Gasteiger partial charge in [-0.25, -0.2) is 9.97 Å². The number of aromatic nitrogens is 2. The molecule has 0 unspecified atom stereocenters. The van der Waals surface area contributed by atoms with Crippen molar-refractivity contribution >= 4 is 11.9 Å². The molecule has 2 aromatic rings. The minimum absolute atomic E-state index is 0.0512. The van der Waals surface area contributed by atoms with Gasteiger partial charge >= 0.3 is 0 Å². The predicted molar refractivity (Wildman–Crippen MR) is 101 cm³/mol. The van der Waals surface area contributed by atoms with Crippen LogP contribution in [-0.2, 0) is 0 Å². The highest BCUT2D eigenvalue weighted by Gasteiger charge is 2.34. The summed E-state index contributed by atoms with van der Waals surface area (Å²) in [5, 5.41) is 0. The van der Waals surface area contributed by atoms with Crippen molar-refractivity contribution in [2.24, 2.45) is 5.73 Å². The van der Waals surface area contributed by atoms with Crippen LogP contribution in [0.4, 0.5) is 5.95 Å². The quantitative estimate of drug-likeness (QED) is 0.916. The number of likely N-dealkylation sites (tertiary alicyclic amines) is 1. The van der Waals surface area contributed by atoms with Gasteiger partial charge in [0.05, 0.1) is 0 Å². The molecule has 0 saturated carbocycles. The molecule has 2 fully saturated rings. The van der Waals surface area contributed by atoms with Crippen molar-refractivity contribution in [3.63, 3.8) is 0 Å². The topological polar surface area (TPSA) is 75.3 Å². The molecule has 6 heteroatoms. The molecule has 6 nitrogen and oxygen atoms in total. The van der Waals surface area contributed by atoms with Gasteiger partial charge in [0.2, 0.25) is 5.95 Å². The minimum Gasteiger partial charge on any atom is -0.341 e. The molecule has 136 valence electrons. The van der Waals surface area contributed by atoms with Crippen molar-refractivity contribution in [1.82, 2.24) is 14.9 Å². The summed E-state index contributed by atoms with van der Waals surface area (Å²) in [6.45, 7) is 3.11. The average molecular weight is 351 g/mol. The van der Waals surface area contributed by atoms with Crippen molar-refractivity contribution in [3.8, 4) is 0 Å². The number of rotatable bonds is 3. The van der Waals surface area contributed by atoms with Crippen molar-refractivity contribution in [1.29, 1.82) is 0 Å². The van der Waals surface area contributed by atoms with Gasteiger partial charge in [-0.2, -0.15) is 0 Å². The molecule has 1 aromatic carbocycles. The molecule has 3 heterocycles. The Morgan fingerprint density at radius 3 is 2.58 bits per heavy atom. The Morgan fingerprint density at radius 1 is 1.04 bits per heavy atom. The maximum absolute atomic E-state index is 13.0. The van der Waals surface area contributed by atoms with Gasteiger partial charge in [0.25, 0.3) is 5.91 Å².